The number of halogens is 1. The fourth-order valence-corrected chi connectivity index (χ4v) is 1.48. The lowest BCUT2D eigenvalue weighted by Gasteiger charge is -2.06. The maximum atomic E-state index is 11.7. The van der Waals surface area contributed by atoms with E-state index in [1.165, 1.54) is 0 Å². The van der Waals surface area contributed by atoms with Crippen molar-refractivity contribution in [3.05, 3.63) is 34.3 Å². The first-order valence-electron chi connectivity index (χ1n) is 5.03. The molecule has 0 aliphatic rings. The van der Waals surface area contributed by atoms with Crippen LogP contribution in [0.5, 0.6) is 0 Å². The van der Waals surface area contributed by atoms with Crippen molar-refractivity contribution >= 4 is 17.4 Å². The van der Waals surface area contributed by atoms with Crippen molar-refractivity contribution in [2.45, 2.75) is 20.3 Å². The van der Waals surface area contributed by atoms with Crippen molar-refractivity contribution in [1.82, 2.24) is 0 Å². The maximum Gasteiger partial charge on any atom is 0.189 e. The Morgan fingerprint density at radius 2 is 2.20 bits per heavy atom. The second-order valence-electron chi connectivity index (χ2n) is 3.41. The van der Waals surface area contributed by atoms with Crippen LogP contribution in [0.1, 0.15) is 29.3 Å². The van der Waals surface area contributed by atoms with Gasteiger partial charge in [0.2, 0.25) is 0 Å². The first-order chi connectivity index (χ1) is 7.16. The summed E-state index contributed by atoms with van der Waals surface area (Å²) >= 11 is 6.02. The van der Waals surface area contributed by atoms with E-state index in [9.17, 15) is 4.79 Å². The monoisotopic (exact) mass is 226 g/mol. The third-order valence-electron chi connectivity index (χ3n) is 2.07. The van der Waals surface area contributed by atoms with Crippen molar-refractivity contribution in [1.29, 1.82) is 0 Å². The Bertz CT molecular complexity index is 347. The van der Waals surface area contributed by atoms with Gasteiger partial charge < -0.3 is 4.74 Å². The molecule has 0 atom stereocenters. The Labute approximate surface area is 95.2 Å². The third-order valence-corrected chi connectivity index (χ3v) is 2.58. The standard InChI is InChI=1S/C12H15ClO2/c1-3-7-15-8-11(14)10-6-4-5-9(2)12(10)13/h4-6H,3,7-8H2,1-2H3. The molecule has 0 heterocycles. The molecule has 1 aromatic rings. The normalized spacial score (nSPS) is 10.3. The molecule has 0 aliphatic carbocycles. The number of hydrogen-bond donors (Lipinski definition) is 0. The van der Waals surface area contributed by atoms with Gasteiger partial charge in [-0.2, -0.15) is 0 Å². The highest BCUT2D eigenvalue weighted by atomic mass is 35.5. The summed E-state index contributed by atoms with van der Waals surface area (Å²) in [5.74, 6) is -0.0582. The van der Waals surface area contributed by atoms with Crippen LogP contribution in [0.2, 0.25) is 5.02 Å². The summed E-state index contributed by atoms with van der Waals surface area (Å²) in [6.07, 6.45) is 0.912. The average Bonchev–Trinajstić information content (AvgIpc) is 2.22. The van der Waals surface area contributed by atoms with Gasteiger partial charge in [0.25, 0.3) is 0 Å². The van der Waals surface area contributed by atoms with E-state index >= 15 is 0 Å². The molecule has 15 heavy (non-hydrogen) atoms. The molecular weight excluding hydrogens is 212 g/mol. The Morgan fingerprint density at radius 1 is 1.47 bits per heavy atom. The Morgan fingerprint density at radius 3 is 2.87 bits per heavy atom. The van der Waals surface area contributed by atoms with E-state index in [0.717, 1.165) is 12.0 Å². The van der Waals surface area contributed by atoms with Crippen molar-refractivity contribution in [3.63, 3.8) is 0 Å². The molecule has 82 valence electrons. The molecule has 0 fully saturated rings. The van der Waals surface area contributed by atoms with Crippen LogP contribution in [0.25, 0.3) is 0 Å². The molecule has 0 bridgehead atoms. The number of Topliss-reactive ketones (excluding diaryl/α,β-unsaturated/α-hetero) is 1. The summed E-state index contributed by atoms with van der Waals surface area (Å²) in [5.41, 5.74) is 1.46. The number of ether oxygens (including phenoxy) is 1. The highest BCUT2D eigenvalue weighted by Gasteiger charge is 2.11. The molecule has 0 saturated heterocycles. The van der Waals surface area contributed by atoms with E-state index in [-0.39, 0.29) is 12.4 Å². The van der Waals surface area contributed by atoms with Crippen molar-refractivity contribution in [2.75, 3.05) is 13.2 Å². The van der Waals surface area contributed by atoms with Crippen molar-refractivity contribution in [2.24, 2.45) is 0 Å². The minimum atomic E-state index is -0.0582. The van der Waals surface area contributed by atoms with Crippen LogP contribution < -0.4 is 0 Å². The zero-order chi connectivity index (χ0) is 11.3. The molecule has 0 unspecified atom stereocenters. The molecule has 0 spiro atoms. The second kappa shape index (κ2) is 5.89. The minimum Gasteiger partial charge on any atom is -0.373 e. The maximum absolute atomic E-state index is 11.7. The van der Waals surface area contributed by atoms with Crippen LogP contribution in [0.4, 0.5) is 0 Å². The SMILES string of the molecule is CCCOCC(=O)c1cccc(C)c1Cl. The molecule has 3 heteroatoms. The van der Waals surface area contributed by atoms with Crippen LogP contribution in [-0.2, 0) is 4.74 Å². The van der Waals surface area contributed by atoms with Crippen LogP contribution in [0.3, 0.4) is 0 Å². The highest BCUT2D eigenvalue weighted by Crippen LogP contribution is 2.20. The van der Waals surface area contributed by atoms with Gasteiger partial charge in [-0.1, -0.05) is 30.7 Å². The molecule has 0 radical (unpaired) electrons. The van der Waals surface area contributed by atoms with E-state index in [1.54, 1.807) is 6.07 Å². The number of aryl methyl sites for hydroxylation is 1. The minimum absolute atomic E-state index is 0.0582. The molecule has 0 N–H and O–H groups in total. The van der Waals surface area contributed by atoms with E-state index < -0.39 is 0 Å². The number of benzene rings is 1. The fraction of sp³-hybridized carbons (Fsp3) is 0.417. The van der Waals surface area contributed by atoms with Crippen molar-refractivity contribution < 1.29 is 9.53 Å². The van der Waals surface area contributed by atoms with Gasteiger partial charge in [-0.05, 0) is 25.0 Å². The van der Waals surface area contributed by atoms with Gasteiger partial charge in [-0.25, -0.2) is 0 Å². The zero-order valence-corrected chi connectivity index (χ0v) is 9.80. The topological polar surface area (TPSA) is 26.3 Å². The van der Waals surface area contributed by atoms with E-state index in [0.29, 0.717) is 17.2 Å². The van der Waals surface area contributed by atoms with Crippen LogP contribution in [0, 0.1) is 6.92 Å². The summed E-state index contributed by atoms with van der Waals surface area (Å²) < 4.78 is 5.19. The van der Waals surface area contributed by atoms with Gasteiger partial charge in [0.15, 0.2) is 5.78 Å². The van der Waals surface area contributed by atoms with Gasteiger partial charge in [0.05, 0.1) is 5.02 Å². The first-order valence-corrected chi connectivity index (χ1v) is 5.40. The lowest BCUT2D eigenvalue weighted by atomic mass is 10.1. The number of carbonyl (C=O) groups is 1. The van der Waals surface area contributed by atoms with Crippen molar-refractivity contribution in [3.8, 4) is 0 Å². The molecule has 0 aliphatic heterocycles. The Hall–Kier alpha value is -0.860. The number of rotatable bonds is 5. The molecule has 0 saturated carbocycles. The molecule has 2 nitrogen and oxygen atoms in total. The van der Waals surface area contributed by atoms with Gasteiger partial charge in [-0.3, -0.25) is 4.79 Å². The second-order valence-corrected chi connectivity index (χ2v) is 3.79. The van der Waals surface area contributed by atoms with Gasteiger partial charge in [0.1, 0.15) is 6.61 Å². The predicted molar refractivity (Wildman–Crippen MR) is 61.6 cm³/mol. The van der Waals surface area contributed by atoms with Crippen LogP contribution in [0.15, 0.2) is 18.2 Å². The molecular formula is C12H15ClO2. The summed E-state index contributed by atoms with van der Waals surface area (Å²) in [6, 6.07) is 5.44. The molecule has 1 aromatic carbocycles. The largest absolute Gasteiger partial charge is 0.373 e. The van der Waals surface area contributed by atoms with Gasteiger partial charge in [-0.15, -0.1) is 0 Å². The Balaban J connectivity index is 2.69. The third kappa shape index (κ3) is 3.33. The lowest BCUT2D eigenvalue weighted by molar-refractivity contribution is 0.0761. The van der Waals surface area contributed by atoms with E-state index in [4.69, 9.17) is 16.3 Å². The number of carbonyl (C=O) groups excluding carboxylic acids is 1. The van der Waals surface area contributed by atoms with Gasteiger partial charge in [0, 0.05) is 12.2 Å². The van der Waals surface area contributed by atoms with Crippen LogP contribution in [-0.4, -0.2) is 19.0 Å². The summed E-state index contributed by atoms with van der Waals surface area (Å²) in [5, 5.41) is 0.530. The first kappa shape index (κ1) is 12.2. The average molecular weight is 227 g/mol. The fourth-order valence-electron chi connectivity index (χ4n) is 1.25. The summed E-state index contributed by atoms with van der Waals surface area (Å²) in [4.78, 5) is 11.7. The molecule has 0 amide bonds. The van der Waals surface area contributed by atoms with Gasteiger partial charge >= 0.3 is 0 Å². The predicted octanol–water partition coefficient (Wildman–Crippen LogP) is 3.26. The lowest BCUT2D eigenvalue weighted by Crippen LogP contribution is -2.10. The Kier molecular flexibility index (Phi) is 4.79. The quantitative estimate of drug-likeness (QED) is 0.569. The number of hydrogen-bond acceptors (Lipinski definition) is 2. The smallest absolute Gasteiger partial charge is 0.189 e. The number of ketones is 1. The highest BCUT2D eigenvalue weighted by molar-refractivity contribution is 6.34. The summed E-state index contributed by atoms with van der Waals surface area (Å²) in [7, 11) is 0. The van der Waals surface area contributed by atoms with E-state index in [1.807, 2.05) is 26.0 Å². The van der Waals surface area contributed by atoms with Crippen LogP contribution >= 0.6 is 11.6 Å². The van der Waals surface area contributed by atoms with E-state index in [2.05, 4.69) is 0 Å². The summed E-state index contributed by atoms with van der Waals surface area (Å²) in [6.45, 7) is 4.60. The molecule has 0 aromatic heterocycles. The zero-order valence-electron chi connectivity index (χ0n) is 9.05. The molecule has 1 rings (SSSR count).